The molecule has 194 valence electrons. The van der Waals surface area contributed by atoms with Gasteiger partial charge in [-0.15, -0.1) is 0 Å². The number of fused-ring (bicyclic) bond motifs is 1. The van der Waals surface area contributed by atoms with Crippen LogP contribution in [-0.2, 0) is 13.0 Å². The van der Waals surface area contributed by atoms with Crippen LogP contribution in [0.4, 0.5) is 5.82 Å². The maximum Gasteiger partial charge on any atom is 0.272 e. The predicted molar refractivity (Wildman–Crippen MR) is 145 cm³/mol. The van der Waals surface area contributed by atoms with E-state index in [-0.39, 0.29) is 11.3 Å². The minimum atomic E-state index is -0.0208. The Morgan fingerprint density at radius 2 is 1.84 bits per heavy atom. The molecule has 1 amide bonds. The van der Waals surface area contributed by atoms with Gasteiger partial charge < -0.3 is 15.4 Å². The van der Waals surface area contributed by atoms with Crippen LogP contribution < -0.4 is 10.5 Å². The lowest BCUT2D eigenvalue weighted by Crippen LogP contribution is -2.48. The fourth-order valence-electron chi connectivity index (χ4n) is 5.79. The highest BCUT2D eigenvalue weighted by molar-refractivity contribution is 5.92. The van der Waals surface area contributed by atoms with Gasteiger partial charge >= 0.3 is 0 Å². The van der Waals surface area contributed by atoms with Crippen molar-refractivity contribution in [2.75, 3.05) is 38.5 Å². The zero-order chi connectivity index (χ0) is 25.5. The van der Waals surface area contributed by atoms with Crippen molar-refractivity contribution in [1.29, 1.82) is 0 Å². The molecule has 0 atom stereocenters. The molecule has 1 saturated heterocycles. The Balaban J connectivity index is 1.32. The summed E-state index contributed by atoms with van der Waals surface area (Å²) < 4.78 is 6.28. The number of hydrogen-bond acceptors (Lipinski definition) is 6. The van der Waals surface area contributed by atoms with Crippen molar-refractivity contribution in [2.24, 2.45) is 5.41 Å². The van der Waals surface area contributed by atoms with Gasteiger partial charge in [-0.25, -0.2) is 4.98 Å². The zero-order valence-corrected chi connectivity index (χ0v) is 21.5. The lowest BCUT2D eigenvalue weighted by atomic mass is 9.73. The molecule has 2 aromatic heterocycles. The Hall–Kier alpha value is -3.45. The van der Waals surface area contributed by atoms with E-state index in [1.54, 1.807) is 18.2 Å². The number of amides is 1. The average Bonchev–Trinajstić information content (AvgIpc) is 2.92. The van der Waals surface area contributed by atoms with E-state index in [0.29, 0.717) is 18.1 Å². The maximum atomic E-state index is 13.1. The van der Waals surface area contributed by atoms with Crippen molar-refractivity contribution >= 4 is 11.7 Å². The number of rotatable bonds is 3. The Labute approximate surface area is 219 Å². The highest BCUT2D eigenvalue weighted by Crippen LogP contribution is 2.39. The molecule has 0 aliphatic carbocycles. The quantitative estimate of drug-likeness (QED) is 0.568. The van der Waals surface area contributed by atoms with Gasteiger partial charge in [-0.3, -0.25) is 14.7 Å². The number of carbonyl (C=O) groups excluding carboxylic acids is 1. The van der Waals surface area contributed by atoms with Crippen molar-refractivity contribution in [3.63, 3.8) is 0 Å². The second-order valence-electron chi connectivity index (χ2n) is 10.5. The number of aromatic nitrogens is 2. The predicted octanol–water partition coefficient (Wildman–Crippen LogP) is 4.59. The number of pyridine rings is 2. The van der Waals surface area contributed by atoms with Gasteiger partial charge in [0, 0.05) is 45.1 Å². The molecule has 1 fully saturated rings. The number of aryl methyl sites for hydroxylation is 1. The average molecular weight is 500 g/mol. The van der Waals surface area contributed by atoms with E-state index in [1.165, 1.54) is 17.5 Å². The third kappa shape index (κ3) is 6.46. The van der Waals surface area contributed by atoms with E-state index in [4.69, 9.17) is 10.5 Å². The van der Waals surface area contributed by atoms with Gasteiger partial charge in [0.05, 0.1) is 0 Å². The van der Waals surface area contributed by atoms with E-state index < -0.39 is 0 Å². The molecular weight excluding hydrogens is 462 g/mol. The summed E-state index contributed by atoms with van der Waals surface area (Å²) in [7, 11) is 0. The largest absolute Gasteiger partial charge is 0.492 e. The maximum absolute atomic E-state index is 13.1. The van der Waals surface area contributed by atoms with Crippen molar-refractivity contribution < 1.29 is 9.53 Å². The third-order valence-corrected chi connectivity index (χ3v) is 7.83. The van der Waals surface area contributed by atoms with Crippen LogP contribution >= 0.6 is 0 Å². The summed E-state index contributed by atoms with van der Waals surface area (Å²) in [5.74, 6) is 1.38. The Morgan fingerprint density at radius 3 is 2.65 bits per heavy atom. The summed E-state index contributed by atoms with van der Waals surface area (Å²) in [6.07, 6.45) is 10.3. The molecule has 5 rings (SSSR count). The summed E-state index contributed by atoms with van der Waals surface area (Å²) >= 11 is 0. The number of nitrogens with two attached hydrogens (primary N) is 1. The van der Waals surface area contributed by atoms with Crippen molar-refractivity contribution in [1.82, 2.24) is 19.8 Å². The molecule has 1 aromatic carbocycles. The first-order chi connectivity index (χ1) is 18.1. The van der Waals surface area contributed by atoms with E-state index in [2.05, 4.69) is 45.2 Å². The normalized spacial score (nSPS) is 18.8. The number of hydrogen-bond donors (Lipinski definition) is 1. The Bertz CT molecular complexity index is 1180. The highest BCUT2D eigenvalue weighted by atomic mass is 16.5. The number of piperidine rings is 1. The van der Waals surface area contributed by atoms with Gasteiger partial charge in [0.25, 0.3) is 5.91 Å². The van der Waals surface area contributed by atoms with Gasteiger partial charge in [-0.05, 0) is 72.9 Å². The Morgan fingerprint density at radius 1 is 0.973 bits per heavy atom. The molecule has 0 saturated carbocycles. The van der Waals surface area contributed by atoms with Crippen LogP contribution in [0.15, 0.2) is 67.0 Å². The van der Waals surface area contributed by atoms with Crippen molar-refractivity contribution in [3.8, 4) is 5.75 Å². The van der Waals surface area contributed by atoms with Crippen LogP contribution in [-0.4, -0.2) is 58.5 Å². The van der Waals surface area contributed by atoms with Crippen LogP contribution in [0.25, 0.3) is 0 Å². The number of likely N-dealkylation sites (tertiary alicyclic amines) is 1. The second-order valence-corrected chi connectivity index (χ2v) is 10.5. The van der Waals surface area contributed by atoms with E-state index in [9.17, 15) is 4.79 Å². The van der Waals surface area contributed by atoms with Gasteiger partial charge in [0.15, 0.2) is 0 Å². The summed E-state index contributed by atoms with van der Waals surface area (Å²) in [4.78, 5) is 26.2. The van der Waals surface area contributed by atoms with E-state index >= 15 is 0 Å². The fraction of sp³-hybridized carbons (Fsp3) is 0.433. The highest BCUT2D eigenvalue weighted by Gasteiger charge is 2.37. The van der Waals surface area contributed by atoms with Gasteiger partial charge in [-0.2, -0.15) is 0 Å². The van der Waals surface area contributed by atoms with Gasteiger partial charge in [0.2, 0.25) is 0 Å². The first-order valence-corrected chi connectivity index (χ1v) is 13.4. The molecule has 2 N–H and O–H groups in total. The molecule has 0 unspecified atom stereocenters. The molecule has 7 heteroatoms. The number of benzene rings is 1. The zero-order valence-electron chi connectivity index (χ0n) is 21.5. The number of nitrogen functional groups attached to an aromatic ring is 1. The van der Waals surface area contributed by atoms with Gasteiger partial charge in [-0.1, -0.05) is 36.8 Å². The summed E-state index contributed by atoms with van der Waals surface area (Å²) in [5.41, 5.74) is 8.94. The van der Waals surface area contributed by atoms with E-state index in [0.717, 1.165) is 70.6 Å². The minimum absolute atomic E-state index is 0.0208. The lowest BCUT2D eigenvalue weighted by Gasteiger charge is -2.45. The number of ether oxygens (including phenoxy) is 1. The topological polar surface area (TPSA) is 84.6 Å². The van der Waals surface area contributed by atoms with Crippen molar-refractivity contribution in [2.45, 2.75) is 45.1 Å². The summed E-state index contributed by atoms with van der Waals surface area (Å²) in [6.45, 7) is 4.83. The van der Waals surface area contributed by atoms with Crippen LogP contribution in [0, 0.1) is 5.41 Å². The molecule has 7 nitrogen and oxygen atoms in total. The summed E-state index contributed by atoms with van der Waals surface area (Å²) in [6, 6.07) is 17.9. The Kier molecular flexibility index (Phi) is 7.99. The molecule has 3 aromatic rings. The molecule has 0 bridgehead atoms. The summed E-state index contributed by atoms with van der Waals surface area (Å²) in [5, 5.41) is 0. The fourth-order valence-corrected chi connectivity index (χ4v) is 5.79. The second kappa shape index (κ2) is 11.7. The van der Waals surface area contributed by atoms with Crippen molar-refractivity contribution in [3.05, 3.63) is 83.8 Å². The number of anilines is 1. The van der Waals surface area contributed by atoms with Crippen LogP contribution in [0.3, 0.4) is 0 Å². The van der Waals surface area contributed by atoms with Crippen LogP contribution in [0.1, 0.15) is 53.7 Å². The third-order valence-electron chi connectivity index (χ3n) is 7.83. The number of para-hydroxylation sites is 1. The van der Waals surface area contributed by atoms with Gasteiger partial charge in [0.1, 0.15) is 23.9 Å². The molecular formula is C30H37N5O2. The van der Waals surface area contributed by atoms with Crippen LogP contribution in [0.5, 0.6) is 5.75 Å². The SMILES string of the molecule is Nc1cccc(C(=O)N2CCC3(CCCCc4ccccc4OCCN(Cc4cccnc4)C3)CC2)n1. The van der Waals surface area contributed by atoms with E-state index in [1.807, 2.05) is 23.4 Å². The first-order valence-electron chi connectivity index (χ1n) is 13.4. The monoisotopic (exact) mass is 499 g/mol. The standard InChI is InChI=1S/C30H37N5O2/c31-28-12-5-10-26(33-28)29(36)35-17-14-30(15-18-35)13-4-3-9-25-8-1-2-11-27(25)37-20-19-34(23-30)22-24-7-6-16-32-21-24/h1-2,5-8,10-12,16,21H,3-4,9,13-15,17-20,22-23H2,(H2,31,33). The number of carbonyl (C=O) groups is 1. The molecule has 4 heterocycles. The number of nitrogens with zero attached hydrogens (tertiary/aromatic N) is 4. The first kappa shape index (κ1) is 25.2. The van der Waals surface area contributed by atoms with Crippen LogP contribution in [0.2, 0.25) is 0 Å². The molecule has 1 spiro atoms. The smallest absolute Gasteiger partial charge is 0.272 e. The molecule has 37 heavy (non-hydrogen) atoms. The minimum Gasteiger partial charge on any atom is -0.492 e. The lowest BCUT2D eigenvalue weighted by molar-refractivity contribution is 0.0357. The molecule has 2 aliphatic rings. The molecule has 2 aliphatic heterocycles. The molecule has 0 radical (unpaired) electrons.